The van der Waals surface area contributed by atoms with Crippen molar-refractivity contribution >= 4 is 17.7 Å². The standard InChI is InChI=1S/C16H22O2S/c17-16(15-10-6-12-19-13-15)18-11-5-4-9-14-7-2-1-3-8-14/h1-3,7-8,15H,4-6,9-13H2. The number of unbranched alkanes of at least 4 members (excludes halogenated alkanes) is 1. The predicted octanol–water partition coefficient (Wildman–Crippen LogP) is 3.70. The van der Waals surface area contributed by atoms with Crippen LogP contribution < -0.4 is 0 Å². The molecule has 0 aromatic heterocycles. The lowest BCUT2D eigenvalue weighted by molar-refractivity contribution is -0.148. The van der Waals surface area contributed by atoms with Gasteiger partial charge in [0.2, 0.25) is 0 Å². The van der Waals surface area contributed by atoms with E-state index in [4.69, 9.17) is 4.74 Å². The van der Waals surface area contributed by atoms with Crippen molar-refractivity contribution in [3.8, 4) is 0 Å². The lowest BCUT2D eigenvalue weighted by Gasteiger charge is -2.19. The third-order valence-corrected chi connectivity index (χ3v) is 4.66. The van der Waals surface area contributed by atoms with E-state index in [1.54, 1.807) is 0 Å². The first-order valence-corrected chi connectivity index (χ1v) is 8.30. The summed E-state index contributed by atoms with van der Waals surface area (Å²) in [6.45, 7) is 0.576. The van der Waals surface area contributed by atoms with Gasteiger partial charge in [0.1, 0.15) is 0 Å². The summed E-state index contributed by atoms with van der Waals surface area (Å²) in [5.74, 6) is 2.31. The molecular formula is C16H22O2S. The number of ether oxygens (including phenoxy) is 1. The van der Waals surface area contributed by atoms with Gasteiger partial charge >= 0.3 is 5.97 Å². The van der Waals surface area contributed by atoms with Crippen molar-refractivity contribution in [2.45, 2.75) is 32.1 Å². The highest BCUT2D eigenvalue weighted by atomic mass is 32.2. The molecule has 1 heterocycles. The Hall–Kier alpha value is -0.960. The molecule has 3 heteroatoms. The smallest absolute Gasteiger partial charge is 0.309 e. The van der Waals surface area contributed by atoms with Crippen LogP contribution in [0.15, 0.2) is 30.3 Å². The van der Waals surface area contributed by atoms with E-state index < -0.39 is 0 Å². The van der Waals surface area contributed by atoms with Gasteiger partial charge in [0.25, 0.3) is 0 Å². The molecule has 0 amide bonds. The maximum Gasteiger partial charge on any atom is 0.309 e. The molecule has 0 spiro atoms. The summed E-state index contributed by atoms with van der Waals surface area (Å²) in [5.41, 5.74) is 1.36. The highest BCUT2D eigenvalue weighted by molar-refractivity contribution is 7.99. The highest BCUT2D eigenvalue weighted by Crippen LogP contribution is 2.23. The first-order chi connectivity index (χ1) is 9.36. The molecule has 1 aromatic carbocycles. The predicted molar refractivity (Wildman–Crippen MR) is 80.4 cm³/mol. The molecule has 1 fully saturated rings. The van der Waals surface area contributed by atoms with Gasteiger partial charge in [-0.3, -0.25) is 4.79 Å². The maximum atomic E-state index is 11.8. The van der Waals surface area contributed by atoms with Gasteiger partial charge in [-0.1, -0.05) is 30.3 Å². The second kappa shape index (κ2) is 8.26. The van der Waals surface area contributed by atoms with Crippen LogP contribution in [0.5, 0.6) is 0 Å². The number of carbonyl (C=O) groups excluding carboxylic acids is 1. The largest absolute Gasteiger partial charge is 0.465 e. The van der Waals surface area contributed by atoms with Crippen molar-refractivity contribution in [2.24, 2.45) is 5.92 Å². The van der Waals surface area contributed by atoms with Crippen LogP contribution in [0.3, 0.4) is 0 Å². The molecule has 1 unspecified atom stereocenters. The third-order valence-electron chi connectivity index (χ3n) is 3.44. The fourth-order valence-corrected chi connectivity index (χ4v) is 3.42. The topological polar surface area (TPSA) is 26.3 Å². The molecular weight excluding hydrogens is 256 g/mol. The van der Waals surface area contributed by atoms with E-state index in [-0.39, 0.29) is 11.9 Å². The molecule has 0 aliphatic carbocycles. The summed E-state index contributed by atoms with van der Waals surface area (Å²) >= 11 is 1.87. The monoisotopic (exact) mass is 278 g/mol. The van der Waals surface area contributed by atoms with E-state index >= 15 is 0 Å². The van der Waals surface area contributed by atoms with Crippen molar-refractivity contribution in [2.75, 3.05) is 18.1 Å². The third kappa shape index (κ3) is 5.27. The zero-order chi connectivity index (χ0) is 13.3. The average molecular weight is 278 g/mol. The maximum absolute atomic E-state index is 11.8. The Morgan fingerprint density at radius 1 is 1.26 bits per heavy atom. The van der Waals surface area contributed by atoms with Crippen LogP contribution in [0.2, 0.25) is 0 Å². The van der Waals surface area contributed by atoms with Crippen LogP contribution in [-0.4, -0.2) is 24.1 Å². The Labute approximate surface area is 119 Å². The van der Waals surface area contributed by atoms with Crippen LogP contribution in [0, 0.1) is 5.92 Å². The number of benzene rings is 1. The van der Waals surface area contributed by atoms with Gasteiger partial charge in [-0.05, 0) is 43.4 Å². The van der Waals surface area contributed by atoms with Gasteiger partial charge in [-0.25, -0.2) is 0 Å². The summed E-state index contributed by atoms with van der Waals surface area (Å²) in [4.78, 5) is 11.8. The van der Waals surface area contributed by atoms with E-state index in [1.165, 1.54) is 11.3 Å². The van der Waals surface area contributed by atoms with E-state index in [9.17, 15) is 4.79 Å². The van der Waals surface area contributed by atoms with Crippen molar-refractivity contribution in [1.29, 1.82) is 0 Å². The summed E-state index contributed by atoms with van der Waals surface area (Å²) in [7, 11) is 0. The Kier molecular flexibility index (Phi) is 6.28. The quantitative estimate of drug-likeness (QED) is 0.586. The van der Waals surface area contributed by atoms with Gasteiger partial charge in [-0.15, -0.1) is 0 Å². The summed E-state index contributed by atoms with van der Waals surface area (Å²) in [6, 6.07) is 10.5. The fourth-order valence-electron chi connectivity index (χ4n) is 2.29. The van der Waals surface area contributed by atoms with Crippen molar-refractivity contribution in [1.82, 2.24) is 0 Å². The Morgan fingerprint density at radius 3 is 2.84 bits per heavy atom. The molecule has 1 atom stereocenters. The number of hydrogen-bond acceptors (Lipinski definition) is 3. The molecule has 1 aliphatic rings. The number of carbonyl (C=O) groups is 1. The van der Waals surface area contributed by atoms with Crippen molar-refractivity contribution < 1.29 is 9.53 Å². The second-order valence-electron chi connectivity index (χ2n) is 5.02. The lowest BCUT2D eigenvalue weighted by Crippen LogP contribution is -2.23. The van der Waals surface area contributed by atoms with Gasteiger partial charge < -0.3 is 4.74 Å². The molecule has 2 rings (SSSR count). The van der Waals surface area contributed by atoms with Crippen molar-refractivity contribution in [3.63, 3.8) is 0 Å². The molecule has 1 aromatic rings. The molecule has 104 valence electrons. The highest BCUT2D eigenvalue weighted by Gasteiger charge is 2.22. The minimum Gasteiger partial charge on any atom is -0.465 e. The first-order valence-electron chi connectivity index (χ1n) is 7.14. The van der Waals surface area contributed by atoms with Crippen LogP contribution in [0.1, 0.15) is 31.2 Å². The van der Waals surface area contributed by atoms with Gasteiger partial charge in [0.15, 0.2) is 0 Å². The number of aryl methyl sites for hydroxylation is 1. The Bertz CT molecular complexity index is 372. The molecule has 0 N–H and O–H groups in total. The minimum absolute atomic E-state index is 0.0203. The van der Waals surface area contributed by atoms with E-state index in [1.807, 2.05) is 17.8 Å². The zero-order valence-corrected chi connectivity index (χ0v) is 12.2. The second-order valence-corrected chi connectivity index (χ2v) is 6.17. The van der Waals surface area contributed by atoms with E-state index in [0.29, 0.717) is 6.61 Å². The van der Waals surface area contributed by atoms with Crippen LogP contribution in [-0.2, 0) is 16.0 Å². The van der Waals surface area contributed by atoms with Crippen LogP contribution in [0.4, 0.5) is 0 Å². The summed E-state index contributed by atoms with van der Waals surface area (Å²) < 4.78 is 5.37. The molecule has 0 radical (unpaired) electrons. The zero-order valence-electron chi connectivity index (χ0n) is 11.3. The number of rotatable bonds is 6. The van der Waals surface area contributed by atoms with Gasteiger partial charge in [0.05, 0.1) is 12.5 Å². The molecule has 1 saturated heterocycles. The Balaban J connectivity index is 1.55. The van der Waals surface area contributed by atoms with Gasteiger partial charge in [0, 0.05) is 5.75 Å². The molecule has 19 heavy (non-hydrogen) atoms. The number of thioether (sulfide) groups is 1. The van der Waals surface area contributed by atoms with E-state index in [0.717, 1.165) is 37.9 Å². The Morgan fingerprint density at radius 2 is 2.11 bits per heavy atom. The molecule has 1 aliphatic heterocycles. The first kappa shape index (κ1) is 14.4. The van der Waals surface area contributed by atoms with Crippen LogP contribution in [0.25, 0.3) is 0 Å². The lowest BCUT2D eigenvalue weighted by atomic mass is 10.1. The SMILES string of the molecule is O=C(OCCCCc1ccccc1)C1CCCSC1. The summed E-state index contributed by atoms with van der Waals surface area (Å²) in [5, 5.41) is 0. The fraction of sp³-hybridized carbons (Fsp3) is 0.562. The molecule has 2 nitrogen and oxygen atoms in total. The molecule has 0 saturated carbocycles. The van der Waals surface area contributed by atoms with Crippen LogP contribution >= 0.6 is 11.8 Å². The minimum atomic E-state index is 0.0203. The number of hydrogen-bond donors (Lipinski definition) is 0. The summed E-state index contributed by atoms with van der Waals surface area (Å²) in [6.07, 6.45) is 5.27. The normalized spacial score (nSPS) is 19.1. The average Bonchev–Trinajstić information content (AvgIpc) is 2.49. The molecule has 0 bridgehead atoms. The van der Waals surface area contributed by atoms with E-state index in [2.05, 4.69) is 24.3 Å². The van der Waals surface area contributed by atoms with Gasteiger partial charge in [-0.2, -0.15) is 11.8 Å². The van der Waals surface area contributed by atoms with Crippen molar-refractivity contribution in [3.05, 3.63) is 35.9 Å². The number of esters is 1.